The number of urea groups is 1. The highest BCUT2D eigenvalue weighted by atomic mass is 79.9. The van der Waals surface area contributed by atoms with Crippen LogP contribution in [0.2, 0.25) is 0 Å². The Hall–Kier alpha value is -1.76. The van der Waals surface area contributed by atoms with Gasteiger partial charge in [-0.25, -0.2) is 10.2 Å². The Balaban J connectivity index is 3.01. The molecule has 6 nitrogen and oxygen atoms in total. The third-order valence-electron chi connectivity index (χ3n) is 2.04. The average Bonchev–Trinajstić information content (AvgIpc) is 2.34. The molecule has 0 saturated carbocycles. The maximum atomic E-state index is 10.5. The van der Waals surface area contributed by atoms with Crippen LogP contribution in [0.15, 0.2) is 21.7 Å². The molecule has 0 saturated heterocycles. The number of nitrogens with two attached hydrogens (primary N) is 1. The van der Waals surface area contributed by atoms with Crippen molar-refractivity contribution in [3.8, 4) is 11.5 Å². The van der Waals surface area contributed by atoms with E-state index in [1.54, 1.807) is 12.1 Å². The van der Waals surface area contributed by atoms with Crippen LogP contribution in [0, 0.1) is 0 Å². The molecule has 0 bridgehead atoms. The van der Waals surface area contributed by atoms with Gasteiger partial charge in [-0.2, -0.15) is 5.10 Å². The lowest BCUT2D eigenvalue weighted by Crippen LogP contribution is -2.24. The fourth-order valence-corrected chi connectivity index (χ4v) is 1.78. The summed E-state index contributed by atoms with van der Waals surface area (Å²) in [5.41, 5.74) is 7.78. The van der Waals surface area contributed by atoms with Crippen LogP contribution in [0.3, 0.4) is 0 Å². The number of carbonyl (C=O) groups is 1. The van der Waals surface area contributed by atoms with Crippen LogP contribution in [0.25, 0.3) is 0 Å². The van der Waals surface area contributed by atoms with Crippen molar-refractivity contribution in [2.24, 2.45) is 10.8 Å². The van der Waals surface area contributed by atoms with Gasteiger partial charge in [0.2, 0.25) is 0 Å². The van der Waals surface area contributed by atoms with Crippen molar-refractivity contribution < 1.29 is 14.3 Å². The highest BCUT2D eigenvalue weighted by Gasteiger charge is 2.09. The summed E-state index contributed by atoms with van der Waals surface area (Å²) in [7, 11) is 0. The van der Waals surface area contributed by atoms with Crippen molar-refractivity contribution in [2.75, 3.05) is 13.2 Å². The highest BCUT2D eigenvalue weighted by molar-refractivity contribution is 9.10. The average molecular weight is 330 g/mol. The monoisotopic (exact) mass is 329 g/mol. The molecule has 0 fully saturated rings. The molecule has 104 valence electrons. The lowest BCUT2D eigenvalue weighted by molar-refractivity contribution is 0.249. The van der Waals surface area contributed by atoms with E-state index >= 15 is 0 Å². The number of halogens is 1. The third kappa shape index (κ3) is 4.78. The van der Waals surface area contributed by atoms with Crippen LogP contribution < -0.4 is 20.6 Å². The zero-order chi connectivity index (χ0) is 14.3. The zero-order valence-corrected chi connectivity index (χ0v) is 12.4. The molecule has 3 N–H and O–H groups in total. The van der Waals surface area contributed by atoms with Crippen molar-refractivity contribution >= 4 is 28.2 Å². The van der Waals surface area contributed by atoms with Gasteiger partial charge in [0, 0.05) is 10.0 Å². The summed E-state index contributed by atoms with van der Waals surface area (Å²) in [5, 5.41) is 3.70. The lowest BCUT2D eigenvalue weighted by atomic mass is 10.2. The molecule has 7 heteroatoms. The minimum atomic E-state index is -0.719. The van der Waals surface area contributed by atoms with Gasteiger partial charge in [0.05, 0.1) is 19.4 Å². The summed E-state index contributed by atoms with van der Waals surface area (Å²) in [4.78, 5) is 10.5. The van der Waals surface area contributed by atoms with Gasteiger partial charge in [0.1, 0.15) is 0 Å². The molecule has 19 heavy (non-hydrogen) atoms. The van der Waals surface area contributed by atoms with Crippen molar-refractivity contribution in [2.45, 2.75) is 13.8 Å². The lowest BCUT2D eigenvalue weighted by Gasteiger charge is -2.12. The predicted octanol–water partition coefficient (Wildman–Crippen LogP) is 2.25. The maximum absolute atomic E-state index is 10.5. The summed E-state index contributed by atoms with van der Waals surface area (Å²) in [6, 6.07) is 2.84. The molecule has 1 aromatic carbocycles. The second-order valence-electron chi connectivity index (χ2n) is 3.42. The summed E-state index contributed by atoms with van der Waals surface area (Å²) in [6.45, 7) is 4.86. The van der Waals surface area contributed by atoms with Crippen molar-refractivity contribution in [3.63, 3.8) is 0 Å². The number of hydrazone groups is 1. The van der Waals surface area contributed by atoms with Crippen LogP contribution >= 0.6 is 15.9 Å². The Bertz CT molecular complexity index is 478. The fourth-order valence-electron chi connectivity index (χ4n) is 1.35. The van der Waals surface area contributed by atoms with Crippen LogP contribution in [0.4, 0.5) is 4.79 Å². The van der Waals surface area contributed by atoms with E-state index in [1.807, 2.05) is 13.8 Å². The number of primary amides is 1. The van der Waals surface area contributed by atoms with Crippen LogP contribution in [-0.2, 0) is 0 Å². The molecule has 0 aliphatic rings. The van der Waals surface area contributed by atoms with E-state index < -0.39 is 6.03 Å². The second kappa shape index (κ2) is 7.63. The topological polar surface area (TPSA) is 85.9 Å². The number of rotatable bonds is 6. The first-order chi connectivity index (χ1) is 9.08. The number of ether oxygens (including phenoxy) is 2. The van der Waals surface area contributed by atoms with Gasteiger partial charge in [-0.1, -0.05) is 0 Å². The van der Waals surface area contributed by atoms with Gasteiger partial charge in [-0.15, -0.1) is 0 Å². The summed E-state index contributed by atoms with van der Waals surface area (Å²) < 4.78 is 11.7. The molecule has 2 amide bonds. The minimum Gasteiger partial charge on any atom is -0.490 e. The molecule has 0 unspecified atom stereocenters. The molecule has 0 aliphatic heterocycles. The molecule has 0 aromatic heterocycles. The maximum Gasteiger partial charge on any atom is 0.332 e. The molecule has 0 aliphatic carbocycles. The molecule has 0 heterocycles. The number of nitrogens with zero attached hydrogens (tertiary/aromatic N) is 1. The number of carbonyl (C=O) groups excluding carboxylic acids is 1. The Kier molecular flexibility index (Phi) is 6.14. The third-order valence-corrected chi connectivity index (χ3v) is 2.73. The van der Waals surface area contributed by atoms with E-state index in [1.165, 1.54) is 6.21 Å². The number of amides is 2. The summed E-state index contributed by atoms with van der Waals surface area (Å²) in [5.74, 6) is 1.27. The molecule has 0 atom stereocenters. The zero-order valence-electron chi connectivity index (χ0n) is 10.8. The van der Waals surface area contributed by atoms with Gasteiger partial charge in [0.25, 0.3) is 0 Å². The quantitative estimate of drug-likeness (QED) is 0.620. The largest absolute Gasteiger partial charge is 0.490 e. The summed E-state index contributed by atoms with van der Waals surface area (Å²) in [6.07, 6.45) is 1.47. The first-order valence-corrected chi connectivity index (χ1v) is 6.55. The van der Waals surface area contributed by atoms with E-state index in [4.69, 9.17) is 15.2 Å². The van der Waals surface area contributed by atoms with Gasteiger partial charge in [-0.3, -0.25) is 0 Å². The van der Waals surface area contributed by atoms with Crippen LogP contribution in [0.5, 0.6) is 11.5 Å². The van der Waals surface area contributed by atoms with E-state index in [0.717, 1.165) is 10.0 Å². The Morgan fingerprint density at radius 1 is 1.37 bits per heavy atom. The molecular formula is C12H16BrN3O3. The molecule has 0 spiro atoms. The van der Waals surface area contributed by atoms with Gasteiger partial charge >= 0.3 is 6.03 Å². The van der Waals surface area contributed by atoms with Gasteiger partial charge in [0.15, 0.2) is 11.5 Å². The highest BCUT2D eigenvalue weighted by Crippen LogP contribution is 2.33. The number of nitrogens with one attached hydrogen (secondary N) is 1. The second-order valence-corrected chi connectivity index (χ2v) is 4.28. The van der Waals surface area contributed by atoms with Crippen LogP contribution in [0.1, 0.15) is 19.4 Å². The SMILES string of the molecule is CCOc1cc(Br)c(/C=N/NC(N)=O)cc1OCC. The molecule has 1 rings (SSSR count). The minimum absolute atomic E-state index is 0.526. The predicted molar refractivity (Wildman–Crippen MR) is 76.8 cm³/mol. The fraction of sp³-hybridized carbons (Fsp3) is 0.333. The van der Waals surface area contributed by atoms with E-state index in [9.17, 15) is 4.79 Å². The number of hydrogen-bond donors (Lipinski definition) is 2. The number of hydrogen-bond acceptors (Lipinski definition) is 4. The molecular weight excluding hydrogens is 314 g/mol. The smallest absolute Gasteiger partial charge is 0.332 e. The van der Waals surface area contributed by atoms with Crippen molar-refractivity contribution in [3.05, 3.63) is 22.2 Å². The van der Waals surface area contributed by atoms with Crippen molar-refractivity contribution in [1.29, 1.82) is 0 Å². The normalized spacial score (nSPS) is 10.5. The van der Waals surface area contributed by atoms with Crippen LogP contribution in [-0.4, -0.2) is 25.5 Å². The van der Waals surface area contributed by atoms with Gasteiger partial charge < -0.3 is 15.2 Å². The standard InChI is InChI=1S/C12H16BrN3O3/c1-3-18-10-5-8(7-15-16-12(14)17)9(13)6-11(10)19-4-2/h5-7H,3-4H2,1-2H3,(H3,14,16,17)/b15-7+. The molecule has 1 aromatic rings. The Morgan fingerprint density at radius 3 is 2.47 bits per heavy atom. The number of benzene rings is 1. The van der Waals surface area contributed by atoms with E-state index in [0.29, 0.717) is 24.7 Å². The molecule has 0 radical (unpaired) electrons. The van der Waals surface area contributed by atoms with E-state index in [2.05, 4.69) is 26.5 Å². The first-order valence-electron chi connectivity index (χ1n) is 5.76. The van der Waals surface area contributed by atoms with E-state index in [-0.39, 0.29) is 0 Å². The Labute approximate surface area is 120 Å². The summed E-state index contributed by atoms with van der Waals surface area (Å²) >= 11 is 3.40. The van der Waals surface area contributed by atoms with Gasteiger partial charge in [-0.05, 0) is 41.9 Å². The van der Waals surface area contributed by atoms with Crippen molar-refractivity contribution in [1.82, 2.24) is 5.43 Å². The Morgan fingerprint density at radius 2 is 1.95 bits per heavy atom. The first kappa shape index (κ1) is 15.3.